The average Bonchev–Trinajstić information content (AvgIpc) is 2.34. The van der Waals surface area contributed by atoms with Gasteiger partial charge in [0.05, 0.1) is 11.2 Å². The van der Waals surface area contributed by atoms with E-state index in [1.165, 1.54) is 0 Å². The van der Waals surface area contributed by atoms with Crippen molar-refractivity contribution in [3.63, 3.8) is 0 Å². The number of anilines is 1. The Labute approximate surface area is 116 Å². The Balaban J connectivity index is 2.52. The quantitative estimate of drug-likeness (QED) is 0.805. The number of nitrogens with zero attached hydrogens (tertiary/aromatic N) is 3. The largest absolute Gasteiger partial charge is 0.366 e. The second kappa shape index (κ2) is 5.48. The van der Waals surface area contributed by atoms with Crippen LogP contribution in [-0.2, 0) is 0 Å². The number of halogens is 1. The van der Waals surface area contributed by atoms with E-state index in [-0.39, 0.29) is 0 Å². The van der Waals surface area contributed by atoms with Gasteiger partial charge >= 0.3 is 0 Å². The van der Waals surface area contributed by atoms with Crippen molar-refractivity contribution >= 4 is 32.7 Å². The van der Waals surface area contributed by atoms with E-state index in [4.69, 9.17) is 0 Å². The maximum atomic E-state index is 4.48. The van der Waals surface area contributed by atoms with Crippen molar-refractivity contribution in [2.45, 2.75) is 13.8 Å². The lowest BCUT2D eigenvalue weighted by molar-refractivity contribution is 0.882. The van der Waals surface area contributed by atoms with E-state index in [1.807, 2.05) is 31.5 Å². The van der Waals surface area contributed by atoms with Gasteiger partial charge in [-0.05, 0) is 41.9 Å². The van der Waals surface area contributed by atoms with Gasteiger partial charge in [0.25, 0.3) is 0 Å². The van der Waals surface area contributed by atoms with Gasteiger partial charge in [-0.2, -0.15) is 0 Å². The predicted molar refractivity (Wildman–Crippen MR) is 79.9 cm³/mol. The number of hydrogen-bond donors (Lipinski definition) is 0. The SMILES string of the molecule is C=C(C)CN(CC)c1ccnc2cc(Br)cnc12. The number of fused-ring (bicyclic) bond motifs is 1. The molecule has 0 aliphatic carbocycles. The van der Waals surface area contributed by atoms with Gasteiger partial charge in [0.15, 0.2) is 0 Å². The molecule has 2 heterocycles. The van der Waals surface area contributed by atoms with Crippen LogP contribution in [0.2, 0.25) is 0 Å². The van der Waals surface area contributed by atoms with E-state index in [2.05, 4.69) is 44.3 Å². The first-order chi connectivity index (χ1) is 8.61. The molecule has 4 heteroatoms. The third-order valence-corrected chi connectivity index (χ3v) is 3.14. The van der Waals surface area contributed by atoms with Gasteiger partial charge in [0, 0.05) is 30.0 Å². The molecule has 94 valence electrons. The van der Waals surface area contributed by atoms with Crippen molar-refractivity contribution in [3.05, 3.63) is 41.2 Å². The minimum Gasteiger partial charge on any atom is -0.366 e. The highest BCUT2D eigenvalue weighted by atomic mass is 79.9. The van der Waals surface area contributed by atoms with Crippen LogP contribution in [0.1, 0.15) is 13.8 Å². The molecule has 2 aromatic heterocycles. The summed E-state index contributed by atoms with van der Waals surface area (Å²) in [5.41, 5.74) is 4.09. The topological polar surface area (TPSA) is 29.0 Å². The third-order valence-electron chi connectivity index (χ3n) is 2.71. The van der Waals surface area contributed by atoms with Crippen molar-refractivity contribution in [1.82, 2.24) is 9.97 Å². The van der Waals surface area contributed by atoms with Gasteiger partial charge < -0.3 is 4.90 Å². The normalized spacial score (nSPS) is 10.6. The third kappa shape index (κ3) is 2.70. The highest BCUT2D eigenvalue weighted by Gasteiger charge is 2.10. The van der Waals surface area contributed by atoms with E-state index in [9.17, 15) is 0 Å². The molecule has 2 aromatic rings. The van der Waals surface area contributed by atoms with E-state index in [0.717, 1.165) is 39.9 Å². The first-order valence-corrected chi connectivity index (χ1v) is 6.70. The molecule has 0 fully saturated rings. The number of pyridine rings is 2. The molecular weight excluding hydrogens is 290 g/mol. The van der Waals surface area contributed by atoms with Crippen LogP contribution in [0.3, 0.4) is 0 Å². The fourth-order valence-electron chi connectivity index (χ4n) is 1.94. The van der Waals surface area contributed by atoms with Crippen LogP contribution in [0.5, 0.6) is 0 Å². The molecule has 0 saturated carbocycles. The van der Waals surface area contributed by atoms with Gasteiger partial charge in [-0.15, -0.1) is 0 Å². The van der Waals surface area contributed by atoms with Crippen LogP contribution in [0, 0.1) is 0 Å². The minimum absolute atomic E-state index is 0.841. The molecule has 3 nitrogen and oxygen atoms in total. The number of rotatable bonds is 4. The van der Waals surface area contributed by atoms with E-state index in [0.29, 0.717) is 0 Å². The lowest BCUT2D eigenvalue weighted by Gasteiger charge is -2.24. The summed E-state index contributed by atoms with van der Waals surface area (Å²) >= 11 is 3.42. The lowest BCUT2D eigenvalue weighted by Crippen LogP contribution is -2.24. The van der Waals surface area contributed by atoms with Crippen LogP contribution in [0.4, 0.5) is 5.69 Å². The minimum atomic E-state index is 0.841. The Morgan fingerprint density at radius 3 is 2.89 bits per heavy atom. The Morgan fingerprint density at radius 2 is 2.22 bits per heavy atom. The molecule has 0 spiro atoms. The molecule has 0 aliphatic rings. The highest BCUT2D eigenvalue weighted by Crippen LogP contribution is 2.25. The summed E-state index contributed by atoms with van der Waals surface area (Å²) in [5, 5.41) is 0. The fraction of sp³-hybridized carbons (Fsp3) is 0.286. The standard InChI is InChI=1S/C14H16BrN3/c1-4-18(9-10(2)3)13-5-6-16-12-7-11(15)8-17-14(12)13/h5-8H,2,4,9H2,1,3H3. The summed E-state index contributed by atoms with van der Waals surface area (Å²) in [6.45, 7) is 9.91. The molecule has 0 amide bonds. The first-order valence-electron chi connectivity index (χ1n) is 5.91. The smallest absolute Gasteiger partial charge is 0.112 e. The van der Waals surface area contributed by atoms with Gasteiger partial charge in [-0.1, -0.05) is 12.2 Å². The number of likely N-dealkylation sites (N-methyl/N-ethyl adjacent to an activating group) is 1. The molecule has 18 heavy (non-hydrogen) atoms. The van der Waals surface area contributed by atoms with Crippen LogP contribution >= 0.6 is 15.9 Å². The number of hydrogen-bond acceptors (Lipinski definition) is 3. The molecule has 0 N–H and O–H groups in total. The lowest BCUT2D eigenvalue weighted by atomic mass is 10.2. The zero-order chi connectivity index (χ0) is 13.1. The summed E-state index contributed by atoms with van der Waals surface area (Å²) in [4.78, 5) is 11.1. The van der Waals surface area contributed by atoms with Crippen molar-refractivity contribution in [2.24, 2.45) is 0 Å². The summed E-state index contributed by atoms with van der Waals surface area (Å²) in [5.74, 6) is 0. The van der Waals surface area contributed by atoms with E-state index >= 15 is 0 Å². The van der Waals surface area contributed by atoms with Crippen molar-refractivity contribution < 1.29 is 0 Å². The van der Waals surface area contributed by atoms with E-state index < -0.39 is 0 Å². The molecule has 0 radical (unpaired) electrons. The van der Waals surface area contributed by atoms with Gasteiger partial charge in [0.1, 0.15) is 5.52 Å². The molecule has 0 unspecified atom stereocenters. The first kappa shape index (κ1) is 13.0. The summed E-state index contributed by atoms with van der Waals surface area (Å²) in [6, 6.07) is 4.00. The van der Waals surface area contributed by atoms with Crippen molar-refractivity contribution in [1.29, 1.82) is 0 Å². The van der Waals surface area contributed by atoms with Crippen LogP contribution in [-0.4, -0.2) is 23.1 Å². The Bertz CT molecular complexity index is 580. The van der Waals surface area contributed by atoms with Crippen molar-refractivity contribution in [3.8, 4) is 0 Å². The second-order valence-electron chi connectivity index (χ2n) is 4.32. The Kier molecular flexibility index (Phi) is 3.97. The molecule has 0 atom stereocenters. The molecular formula is C14H16BrN3. The van der Waals surface area contributed by atoms with Crippen molar-refractivity contribution in [2.75, 3.05) is 18.0 Å². The Hall–Kier alpha value is -1.42. The molecule has 0 aliphatic heterocycles. The maximum absolute atomic E-state index is 4.48. The zero-order valence-corrected chi connectivity index (χ0v) is 12.2. The van der Waals surface area contributed by atoms with E-state index in [1.54, 1.807) is 0 Å². The number of aromatic nitrogens is 2. The summed E-state index contributed by atoms with van der Waals surface area (Å²) in [6.07, 6.45) is 3.63. The van der Waals surface area contributed by atoms with Crippen LogP contribution < -0.4 is 4.90 Å². The fourth-order valence-corrected chi connectivity index (χ4v) is 2.26. The van der Waals surface area contributed by atoms with Gasteiger partial charge in [0.2, 0.25) is 0 Å². The van der Waals surface area contributed by atoms with Crippen LogP contribution in [0.15, 0.2) is 41.2 Å². The monoisotopic (exact) mass is 305 g/mol. The molecule has 0 aromatic carbocycles. The maximum Gasteiger partial charge on any atom is 0.112 e. The molecule has 0 saturated heterocycles. The predicted octanol–water partition coefficient (Wildman–Crippen LogP) is 3.79. The second-order valence-corrected chi connectivity index (χ2v) is 5.24. The van der Waals surface area contributed by atoms with Gasteiger partial charge in [-0.25, -0.2) is 0 Å². The van der Waals surface area contributed by atoms with Gasteiger partial charge in [-0.3, -0.25) is 9.97 Å². The highest BCUT2D eigenvalue weighted by molar-refractivity contribution is 9.10. The zero-order valence-electron chi connectivity index (χ0n) is 10.7. The van der Waals surface area contributed by atoms with Crippen LogP contribution in [0.25, 0.3) is 11.0 Å². The summed E-state index contributed by atoms with van der Waals surface area (Å²) in [7, 11) is 0. The molecule has 2 rings (SSSR count). The Morgan fingerprint density at radius 1 is 1.44 bits per heavy atom. The average molecular weight is 306 g/mol. The molecule has 0 bridgehead atoms. The summed E-state index contributed by atoms with van der Waals surface area (Å²) < 4.78 is 0.947.